The minimum Gasteiger partial charge on any atom is -0.459 e. The van der Waals surface area contributed by atoms with Crippen LogP contribution in [0.4, 0.5) is 10.5 Å². The number of amides is 2. The van der Waals surface area contributed by atoms with Gasteiger partial charge >= 0.3 is 12.0 Å². The highest BCUT2D eigenvalue weighted by atomic mass is 16.6. The van der Waals surface area contributed by atoms with Crippen LogP contribution in [0.25, 0.3) is 0 Å². The van der Waals surface area contributed by atoms with E-state index in [0.717, 1.165) is 12.8 Å². The number of benzene rings is 1. The highest BCUT2D eigenvalue weighted by Gasteiger charge is 2.33. The summed E-state index contributed by atoms with van der Waals surface area (Å²) in [6, 6.07) is 4.47. The number of allylic oxidation sites excluding steroid dienone is 1. The minimum absolute atomic E-state index is 0.123. The predicted molar refractivity (Wildman–Crippen MR) is 90.1 cm³/mol. The molecule has 9 nitrogen and oxygen atoms in total. The maximum atomic E-state index is 12.6. The smallest absolute Gasteiger partial charge is 0.338 e. The van der Waals surface area contributed by atoms with Crippen LogP contribution in [0.2, 0.25) is 0 Å². The molecular formula is C17H19N3O6. The molecule has 0 spiro atoms. The number of nitro groups is 1. The van der Waals surface area contributed by atoms with E-state index in [1.807, 2.05) is 0 Å². The van der Waals surface area contributed by atoms with Crippen LogP contribution < -0.4 is 10.6 Å². The van der Waals surface area contributed by atoms with Gasteiger partial charge in [0.15, 0.2) is 0 Å². The van der Waals surface area contributed by atoms with Crippen LogP contribution in [0.1, 0.15) is 31.4 Å². The van der Waals surface area contributed by atoms with Gasteiger partial charge in [0.1, 0.15) is 6.61 Å². The van der Waals surface area contributed by atoms with Crippen molar-refractivity contribution in [3.05, 3.63) is 51.2 Å². The van der Waals surface area contributed by atoms with E-state index in [4.69, 9.17) is 9.47 Å². The Morgan fingerprint density at radius 1 is 1.46 bits per heavy atom. The van der Waals surface area contributed by atoms with Crippen molar-refractivity contribution in [2.24, 2.45) is 0 Å². The van der Waals surface area contributed by atoms with Crippen molar-refractivity contribution < 1.29 is 24.0 Å². The molecule has 2 heterocycles. The zero-order valence-electron chi connectivity index (χ0n) is 14.2. The van der Waals surface area contributed by atoms with Crippen LogP contribution in [-0.2, 0) is 14.3 Å². The summed E-state index contributed by atoms with van der Waals surface area (Å²) >= 11 is 0. The summed E-state index contributed by atoms with van der Waals surface area (Å²) in [5.41, 5.74) is 0.864. The summed E-state index contributed by atoms with van der Waals surface area (Å²) in [7, 11) is 0. The summed E-state index contributed by atoms with van der Waals surface area (Å²) in [4.78, 5) is 35.0. The lowest BCUT2D eigenvalue weighted by Gasteiger charge is -2.28. The van der Waals surface area contributed by atoms with E-state index < -0.39 is 23.0 Å². The van der Waals surface area contributed by atoms with Crippen LogP contribution >= 0.6 is 0 Å². The van der Waals surface area contributed by atoms with E-state index >= 15 is 0 Å². The number of esters is 1. The normalized spacial score (nSPS) is 22.6. The summed E-state index contributed by atoms with van der Waals surface area (Å²) < 4.78 is 10.8. The van der Waals surface area contributed by atoms with Gasteiger partial charge in [0.05, 0.1) is 22.6 Å². The molecule has 0 unspecified atom stereocenters. The summed E-state index contributed by atoms with van der Waals surface area (Å²) in [6.07, 6.45) is 1.63. The molecule has 2 aliphatic heterocycles. The predicted octanol–water partition coefficient (Wildman–Crippen LogP) is 1.94. The molecule has 2 aliphatic rings. The zero-order chi connectivity index (χ0) is 18.7. The number of urea groups is 1. The third-order valence-electron chi connectivity index (χ3n) is 4.33. The fraction of sp³-hybridized carbons (Fsp3) is 0.412. The second kappa shape index (κ2) is 7.52. The molecule has 2 N–H and O–H groups in total. The molecule has 138 valence electrons. The highest BCUT2D eigenvalue weighted by Crippen LogP contribution is 2.29. The molecule has 2 amide bonds. The molecule has 1 aromatic carbocycles. The van der Waals surface area contributed by atoms with Gasteiger partial charge in [-0.25, -0.2) is 9.59 Å². The number of non-ortho nitro benzene ring substituents is 1. The molecule has 1 aromatic rings. The van der Waals surface area contributed by atoms with Gasteiger partial charge in [-0.2, -0.15) is 0 Å². The summed E-state index contributed by atoms with van der Waals surface area (Å²) in [5, 5.41) is 16.2. The van der Waals surface area contributed by atoms with Crippen LogP contribution in [0.15, 0.2) is 35.5 Å². The molecule has 9 heteroatoms. The Kier molecular flexibility index (Phi) is 5.17. The lowest BCUT2D eigenvalue weighted by atomic mass is 9.95. The number of carbonyl (C=O) groups excluding carboxylic acids is 2. The van der Waals surface area contributed by atoms with E-state index in [1.54, 1.807) is 13.0 Å². The number of hydrogen-bond acceptors (Lipinski definition) is 6. The number of ether oxygens (including phenoxy) is 2. The molecule has 0 radical (unpaired) electrons. The van der Waals surface area contributed by atoms with E-state index in [1.165, 1.54) is 18.2 Å². The Balaban J connectivity index is 1.85. The summed E-state index contributed by atoms with van der Waals surface area (Å²) in [5.74, 6) is -0.595. The Bertz CT molecular complexity index is 770. The van der Waals surface area contributed by atoms with E-state index in [2.05, 4.69) is 10.6 Å². The van der Waals surface area contributed by atoms with Crippen LogP contribution in [0.3, 0.4) is 0 Å². The quantitative estimate of drug-likeness (QED) is 0.470. The van der Waals surface area contributed by atoms with E-state index in [9.17, 15) is 19.7 Å². The van der Waals surface area contributed by atoms with Gasteiger partial charge in [0.25, 0.3) is 5.69 Å². The number of nitrogens with zero attached hydrogens (tertiary/aromatic N) is 1. The monoisotopic (exact) mass is 361 g/mol. The molecule has 0 aliphatic carbocycles. The zero-order valence-corrected chi connectivity index (χ0v) is 14.2. The van der Waals surface area contributed by atoms with Crippen molar-refractivity contribution in [1.29, 1.82) is 0 Å². The van der Waals surface area contributed by atoms with Crippen molar-refractivity contribution in [1.82, 2.24) is 10.6 Å². The second-order valence-corrected chi connectivity index (χ2v) is 6.16. The van der Waals surface area contributed by atoms with E-state index in [-0.39, 0.29) is 24.0 Å². The average molecular weight is 361 g/mol. The molecule has 2 atom stereocenters. The minimum atomic E-state index is -0.833. The van der Waals surface area contributed by atoms with Gasteiger partial charge in [-0.15, -0.1) is 0 Å². The highest BCUT2D eigenvalue weighted by molar-refractivity contribution is 5.95. The fourth-order valence-corrected chi connectivity index (χ4v) is 3.05. The first-order valence-electron chi connectivity index (χ1n) is 8.27. The van der Waals surface area contributed by atoms with Crippen LogP contribution in [-0.4, -0.2) is 36.2 Å². The Morgan fingerprint density at radius 3 is 2.96 bits per heavy atom. The largest absolute Gasteiger partial charge is 0.459 e. The Hall–Kier alpha value is -2.94. The third-order valence-corrected chi connectivity index (χ3v) is 4.33. The number of nitro benzene ring substituents is 1. The first kappa shape index (κ1) is 17.9. The lowest BCUT2D eigenvalue weighted by Crippen LogP contribution is -2.45. The molecule has 0 saturated carbocycles. The molecule has 26 heavy (non-hydrogen) atoms. The van der Waals surface area contributed by atoms with Crippen LogP contribution in [0.5, 0.6) is 0 Å². The van der Waals surface area contributed by atoms with Crippen LogP contribution in [0, 0.1) is 10.1 Å². The van der Waals surface area contributed by atoms with Crippen molar-refractivity contribution in [2.45, 2.75) is 31.9 Å². The number of carbonyl (C=O) groups is 2. The van der Waals surface area contributed by atoms with Gasteiger partial charge in [-0.1, -0.05) is 12.1 Å². The molecule has 3 rings (SSSR count). The molecule has 1 saturated heterocycles. The van der Waals surface area contributed by atoms with Gasteiger partial charge in [0, 0.05) is 24.4 Å². The standard InChI is InChI=1S/C17H19N3O6/c1-10-14(16(21)26-9-13-6-3-7-25-13)15(19-17(22)18-10)11-4-2-5-12(8-11)20(23)24/h2,4-5,8,13,15H,3,6-7,9H2,1H3,(H2,18,19,22)/t13-,15+/m0/s1. The maximum Gasteiger partial charge on any atom is 0.338 e. The number of hydrogen-bond donors (Lipinski definition) is 2. The molecular weight excluding hydrogens is 342 g/mol. The lowest BCUT2D eigenvalue weighted by molar-refractivity contribution is -0.384. The maximum absolute atomic E-state index is 12.6. The van der Waals surface area contributed by atoms with Gasteiger partial charge in [-0.05, 0) is 25.3 Å². The Labute approximate surface area is 149 Å². The Morgan fingerprint density at radius 2 is 2.27 bits per heavy atom. The van der Waals surface area contributed by atoms with Gasteiger partial charge < -0.3 is 20.1 Å². The molecule has 1 fully saturated rings. The first-order chi connectivity index (χ1) is 12.5. The van der Waals surface area contributed by atoms with Gasteiger partial charge in [-0.3, -0.25) is 10.1 Å². The van der Waals surface area contributed by atoms with Crippen molar-refractivity contribution in [3.63, 3.8) is 0 Å². The van der Waals surface area contributed by atoms with Crippen molar-refractivity contribution in [2.75, 3.05) is 13.2 Å². The number of rotatable bonds is 5. The molecule has 0 aromatic heterocycles. The SMILES string of the molecule is CC1=C(C(=O)OC[C@@H]2CCCO2)[C@@H](c2cccc([N+](=O)[O-])c2)NC(=O)N1. The van der Waals surface area contributed by atoms with Crippen molar-refractivity contribution >= 4 is 17.7 Å². The summed E-state index contributed by atoms with van der Waals surface area (Å²) in [6.45, 7) is 2.37. The van der Waals surface area contributed by atoms with Crippen molar-refractivity contribution in [3.8, 4) is 0 Å². The fourth-order valence-electron chi connectivity index (χ4n) is 3.05. The topological polar surface area (TPSA) is 120 Å². The van der Waals surface area contributed by atoms with E-state index in [0.29, 0.717) is 17.9 Å². The van der Waals surface area contributed by atoms with Gasteiger partial charge in [0.2, 0.25) is 0 Å². The second-order valence-electron chi connectivity index (χ2n) is 6.16. The number of nitrogens with one attached hydrogen (secondary N) is 2. The first-order valence-corrected chi connectivity index (χ1v) is 8.27. The molecule has 0 bridgehead atoms. The average Bonchev–Trinajstić information content (AvgIpc) is 3.12. The third kappa shape index (κ3) is 3.83.